The zero-order chi connectivity index (χ0) is 18.5. The minimum Gasteiger partial charge on any atom is -0.492 e. The van der Waals surface area contributed by atoms with E-state index in [0.717, 1.165) is 35.6 Å². The molecule has 1 aromatic carbocycles. The van der Waals surface area contributed by atoms with Crippen LogP contribution in [0.2, 0.25) is 0 Å². The molecule has 1 saturated heterocycles. The average molecular weight is 362 g/mol. The lowest BCUT2D eigenvalue weighted by atomic mass is 9.81. The molecule has 0 bridgehead atoms. The van der Waals surface area contributed by atoms with E-state index in [1.165, 1.54) is 6.07 Å². The molecule has 2 aliphatic heterocycles. The number of hydrogen-bond donors (Lipinski definition) is 0. The molecule has 26 heavy (non-hydrogen) atoms. The summed E-state index contributed by atoms with van der Waals surface area (Å²) in [4.78, 5) is 17.7. The zero-order valence-corrected chi connectivity index (χ0v) is 14.1. The minimum absolute atomic E-state index is 0.00718. The Morgan fingerprint density at radius 2 is 2.08 bits per heavy atom. The lowest BCUT2D eigenvalue weighted by Gasteiger charge is -2.23. The number of carbonyl (C=O) groups is 1. The summed E-state index contributed by atoms with van der Waals surface area (Å²) in [6, 6.07) is 8.13. The Morgan fingerprint density at radius 1 is 1.27 bits per heavy atom. The van der Waals surface area contributed by atoms with Crippen molar-refractivity contribution < 1.29 is 22.7 Å². The Labute approximate surface area is 148 Å². The maximum atomic E-state index is 12.8. The number of pyridine rings is 1. The molecule has 7 heteroatoms. The van der Waals surface area contributed by atoms with Crippen molar-refractivity contribution in [2.45, 2.75) is 24.9 Å². The van der Waals surface area contributed by atoms with Gasteiger partial charge in [0.05, 0.1) is 12.0 Å². The normalized spacial score (nSPS) is 21.8. The molecule has 1 atom stereocenters. The largest absolute Gasteiger partial charge is 0.492 e. The summed E-state index contributed by atoms with van der Waals surface area (Å²) in [6.07, 6.45) is -2.82. The SMILES string of the molecule is Cc1ccc2c(c1)C1(CCN(C(=O)c3ccnc(C(F)(F)F)c3)C1)CO2. The maximum absolute atomic E-state index is 12.8. The van der Waals surface area contributed by atoms with E-state index in [0.29, 0.717) is 19.7 Å². The van der Waals surface area contributed by atoms with E-state index in [1.54, 1.807) is 4.90 Å². The molecule has 2 aliphatic rings. The molecule has 0 radical (unpaired) electrons. The molecule has 2 aromatic rings. The Balaban J connectivity index is 1.59. The molecule has 0 saturated carbocycles. The topological polar surface area (TPSA) is 42.4 Å². The van der Waals surface area contributed by atoms with Crippen LogP contribution in [0.25, 0.3) is 0 Å². The van der Waals surface area contributed by atoms with Crippen LogP contribution in [0.15, 0.2) is 36.5 Å². The van der Waals surface area contributed by atoms with Crippen molar-refractivity contribution in [2.75, 3.05) is 19.7 Å². The van der Waals surface area contributed by atoms with Gasteiger partial charge in [0, 0.05) is 30.4 Å². The van der Waals surface area contributed by atoms with Crippen molar-refractivity contribution in [1.29, 1.82) is 0 Å². The third kappa shape index (κ3) is 2.71. The first kappa shape index (κ1) is 16.9. The second-order valence-corrected chi connectivity index (χ2v) is 6.97. The van der Waals surface area contributed by atoms with Crippen LogP contribution in [0.5, 0.6) is 5.75 Å². The number of halogens is 3. The molecular formula is C19H17F3N2O2. The van der Waals surface area contributed by atoms with E-state index in [1.807, 2.05) is 19.1 Å². The Bertz CT molecular complexity index is 881. The fraction of sp³-hybridized carbons (Fsp3) is 0.368. The molecule has 0 aliphatic carbocycles. The molecule has 1 aromatic heterocycles. The highest BCUT2D eigenvalue weighted by Crippen LogP contribution is 2.45. The number of carbonyl (C=O) groups excluding carboxylic acids is 1. The molecule has 3 heterocycles. The fourth-order valence-corrected chi connectivity index (χ4v) is 3.76. The second-order valence-electron chi connectivity index (χ2n) is 6.97. The van der Waals surface area contributed by atoms with Crippen LogP contribution in [0.1, 0.15) is 33.6 Å². The number of nitrogens with zero attached hydrogens (tertiary/aromatic N) is 2. The van der Waals surface area contributed by atoms with Gasteiger partial charge in [-0.05, 0) is 31.5 Å². The van der Waals surface area contributed by atoms with Crippen LogP contribution in [0.3, 0.4) is 0 Å². The smallest absolute Gasteiger partial charge is 0.433 e. The van der Waals surface area contributed by atoms with E-state index in [2.05, 4.69) is 11.1 Å². The summed E-state index contributed by atoms with van der Waals surface area (Å²) in [6.45, 7) is 3.41. The Hall–Kier alpha value is -2.57. The van der Waals surface area contributed by atoms with Crippen molar-refractivity contribution in [1.82, 2.24) is 9.88 Å². The summed E-state index contributed by atoms with van der Waals surface area (Å²) in [7, 11) is 0. The van der Waals surface area contributed by atoms with Gasteiger partial charge >= 0.3 is 6.18 Å². The quantitative estimate of drug-likeness (QED) is 0.779. The summed E-state index contributed by atoms with van der Waals surface area (Å²) < 4.78 is 44.3. The number of ether oxygens (including phenoxy) is 1. The van der Waals surface area contributed by atoms with Crippen molar-refractivity contribution >= 4 is 5.91 Å². The lowest BCUT2D eigenvalue weighted by Crippen LogP contribution is -2.35. The second kappa shape index (κ2) is 5.72. The number of aromatic nitrogens is 1. The van der Waals surface area contributed by atoms with Crippen LogP contribution < -0.4 is 4.74 Å². The van der Waals surface area contributed by atoms with Gasteiger partial charge < -0.3 is 9.64 Å². The van der Waals surface area contributed by atoms with E-state index in [4.69, 9.17) is 4.74 Å². The molecule has 4 nitrogen and oxygen atoms in total. The van der Waals surface area contributed by atoms with Gasteiger partial charge in [-0.1, -0.05) is 17.7 Å². The van der Waals surface area contributed by atoms with Crippen LogP contribution in [-0.4, -0.2) is 35.5 Å². The maximum Gasteiger partial charge on any atom is 0.433 e. The van der Waals surface area contributed by atoms with Crippen molar-refractivity contribution in [2.24, 2.45) is 0 Å². The first-order valence-electron chi connectivity index (χ1n) is 8.35. The molecule has 1 fully saturated rings. The fourth-order valence-electron chi connectivity index (χ4n) is 3.76. The van der Waals surface area contributed by atoms with Gasteiger partial charge in [0.15, 0.2) is 0 Å². The molecule has 1 unspecified atom stereocenters. The van der Waals surface area contributed by atoms with E-state index in [-0.39, 0.29) is 11.0 Å². The lowest BCUT2D eigenvalue weighted by molar-refractivity contribution is -0.141. The van der Waals surface area contributed by atoms with E-state index >= 15 is 0 Å². The molecule has 136 valence electrons. The predicted octanol–water partition coefficient (Wildman–Crippen LogP) is 3.59. The number of likely N-dealkylation sites (tertiary alicyclic amines) is 1. The standard InChI is InChI=1S/C19H17F3N2O2/c1-12-2-3-15-14(8-12)18(11-26-15)5-7-24(10-18)17(25)13-4-6-23-16(9-13)19(20,21)22/h2-4,6,8-9H,5,7,10-11H2,1H3. The van der Waals surface area contributed by atoms with Crippen LogP contribution >= 0.6 is 0 Å². The van der Waals surface area contributed by atoms with Gasteiger partial charge in [0.25, 0.3) is 5.91 Å². The number of alkyl halides is 3. The van der Waals surface area contributed by atoms with Gasteiger partial charge in [0.2, 0.25) is 0 Å². The molecule has 4 rings (SSSR count). The number of amides is 1. The van der Waals surface area contributed by atoms with Gasteiger partial charge in [-0.3, -0.25) is 9.78 Å². The zero-order valence-electron chi connectivity index (χ0n) is 14.1. The molecule has 1 spiro atoms. The van der Waals surface area contributed by atoms with Gasteiger partial charge in [-0.15, -0.1) is 0 Å². The van der Waals surface area contributed by atoms with E-state index in [9.17, 15) is 18.0 Å². The molecule has 0 N–H and O–H groups in total. The van der Waals surface area contributed by atoms with Gasteiger partial charge in [0.1, 0.15) is 11.4 Å². The number of aryl methyl sites for hydroxylation is 1. The minimum atomic E-state index is -4.57. The van der Waals surface area contributed by atoms with E-state index < -0.39 is 17.8 Å². The highest BCUT2D eigenvalue weighted by atomic mass is 19.4. The predicted molar refractivity (Wildman–Crippen MR) is 88.1 cm³/mol. The third-order valence-electron chi connectivity index (χ3n) is 5.15. The average Bonchev–Trinajstić information content (AvgIpc) is 3.19. The summed E-state index contributed by atoms with van der Waals surface area (Å²) in [5.41, 5.74) is 0.868. The number of fused-ring (bicyclic) bond motifs is 2. The van der Waals surface area contributed by atoms with Gasteiger partial charge in [-0.25, -0.2) is 0 Å². The van der Waals surface area contributed by atoms with Crippen LogP contribution in [-0.2, 0) is 11.6 Å². The van der Waals surface area contributed by atoms with Crippen molar-refractivity contribution in [3.05, 3.63) is 58.9 Å². The Kier molecular flexibility index (Phi) is 3.71. The van der Waals surface area contributed by atoms with Crippen molar-refractivity contribution in [3.8, 4) is 5.75 Å². The summed E-state index contributed by atoms with van der Waals surface area (Å²) in [5, 5.41) is 0. The first-order valence-corrected chi connectivity index (χ1v) is 8.35. The number of rotatable bonds is 1. The van der Waals surface area contributed by atoms with Crippen LogP contribution in [0.4, 0.5) is 13.2 Å². The van der Waals surface area contributed by atoms with Crippen LogP contribution in [0, 0.1) is 6.92 Å². The molecular weight excluding hydrogens is 345 g/mol. The van der Waals surface area contributed by atoms with Gasteiger partial charge in [-0.2, -0.15) is 13.2 Å². The summed E-state index contributed by atoms with van der Waals surface area (Å²) >= 11 is 0. The van der Waals surface area contributed by atoms with Crippen molar-refractivity contribution in [3.63, 3.8) is 0 Å². The Morgan fingerprint density at radius 3 is 2.85 bits per heavy atom. The monoisotopic (exact) mass is 362 g/mol. The number of benzene rings is 1. The summed E-state index contributed by atoms with van der Waals surface area (Å²) in [5.74, 6) is 0.420. The third-order valence-corrected chi connectivity index (χ3v) is 5.15. The molecule has 1 amide bonds. The highest BCUT2D eigenvalue weighted by molar-refractivity contribution is 5.94. The first-order chi connectivity index (χ1) is 12.3. The highest BCUT2D eigenvalue weighted by Gasteiger charge is 2.47. The number of hydrogen-bond acceptors (Lipinski definition) is 3.